The third-order valence-electron chi connectivity index (χ3n) is 5.23. The van der Waals surface area contributed by atoms with Gasteiger partial charge in [0.25, 0.3) is 0 Å². The summed E-state index contributed by atoms with van der Waals surface area (Å²) in [5, 5.41) is 4.43. The van der Waals surface area contributed by atoms with Crippen molar-refractivity contribution < 1.29 is 17.7 Å². The van der Waals surface area contributed by atoms with Crippen molar-refractivity contribution in [1.82, 2.24) is 5.09 Å². The van der Waals surface area contributed by atoms with Crippen LogP contribution in [0.1, 0.15) is 22.7 Å². The smallest absolute Gasteiger partial charge is 0.296 e. The van der Waals surface area contributed by atoms with E-state index in [1.165, 1.54) is 6.07 Å². The number of benzene rings is 4. The predicted molar refractivity (Wildman–Crippen MR) is 123 cm³/mol. The average Bonchev–Trinajstić information content (AvgIpc) is 2.83. The maximum Gasteiger partial charge on any atom is 0.416 e. The number of nitrogens with one attached hydrogen (secondary N) is 1. The molecule has 6 heteroatoms. The van der Waals surface area contributed by atoms with E-state index in [0.717, 1.165) is 17.7 Å². The minimum absolute atomic E-state index is 0.387. The van der Waals surface area contributed by atoms with Crippen molar-refractivity contribution in [2.75, 3.05) is 0 Å². The fourth-order valence-corrected chi connectivity index (χ4v) is 6.08. The molecule has 0 fully saturated rings. The van der Waals surface area contributed by atoms with Crippen LogP contribution in [0.15, 0.2) is 115 Å². The van der Waals surface area contributed by atoms with Gasteiger partial charge in [-0.15, -0.1) is 0 Å². The third kappa shape index (κ3) is 4.69. The lowest BCUT2D eigenvalue weighted by Crippen LogP contribution is -2.31. The first-order valence-corrected chi connectivity index (χ1v) is 11.8. The van der Waals surface area contributed by atoms with E-state index >= 15 is 0 Å². The van der Waals surface area contributed by atoms with E-state index in [2.05, 4.69) is 5.09 Å². The van der Waals surface area contributed by atoms with Crippen molar-refractivity contribution in [2.45, 2.75) is 12.2 Å². The summed E-state index contributed by atoms with van der Waals surface area (Å²) in [7, 11) is -3.40. The number of halogens is 3. The fourth-order valence-electron chi connectivity index (χ4n) is 3.64. The molecule has 0 bridgehead atoms. The largest absolute Gasteiger partial charge is 0.416 e. The molecule has 4 aromatic carbocycles. The summed E-state index contributed by atoms with van der Waals surface area (Å²) in [5.74, 6) is 0. The molecule has 0 heterocycles. The van der Waals surface area contributed by atoms with Crippen LogP contribution in [0.25, 0.3) is 0 Å². The maximum atomic E-state index is 14.5. The van der Waals surface area contributed by atoms with E-state index in [1.54, 1.807) is 54.6 Å². The Morgan fingerprint density at radius 1 is 0.625 bits per heavy atom. The Morgan fingerprint density at radius 2 is 1.09 bits per heavy atom. The second-order valence-electron chi connectivity index (χ2n) is 7.38. The van der Waals surface area contributed by atoms with E-state index < -0.39 is 25.1 Å². The lowest BCUT2D eigenvalue weighted by atomic mass is 9.98. The number of hydrogen-bond acceptors (Lipinski definition) is 1. The van der Waals surface area contributed by atoms with Crippen LogP contribution < -0.4 is 15.7 Å². The highest BCUT2D eigenvalue weighted by molar-refractivity contribution is 7.76. The summed E-state index contributed by atoms with van der Waals surface area (Å²) in [5.41, 5.74) is 0.365. The summed E-state index contributed by atoms with van der Waals surface area (Å²) in [4.78, 5) is 0. The van der Waals surface area contributed by atoms with Gasteiger partial charge >= 0.3 is 6.18 Å². The summed E-state index contributed by atoms with van der Waals surface area (Å²) < 4.78 is 54.8. The highest BCUT2D eigenvalue weighted by Crippen LogP contribution is 2.44. The van der Waals surface area contributed by atoms with Crippen LogP contribution in [-0.4, -0.2) is 0 Å². The number of hydrogen-bond donors (Lipinski definition) is 1. The predicted octanol–water partition coefficient (Wildman–Crippen LogP) is 6.31. The van der Waals surface area contributed by atoms with Gasteiger partial charge in [-0.25, -0.2) is 5.09 Å². The zero-order chi connectivity index (χ0) is 22.6. The average molecular weight is 451 g/mol. The molecule has 0 unspecified atom stereocenters. The molecule has 4 aromatic rings. The van der Waals surface area contributed by atoms with Gasteiger partial charge in [-0.05, 0) is 47.5 Å². The quantitative estimate of drug-likeness (QED) is 0.348. The molecule has 0 aromatic heterocycles. The Balaban J connectivity index is 1.87. The molecule has 0 saturated carbocycles. The zero-order valence-corrected chi connectivity index (χ0v) is 17.9. The van der Waals surface area contributed by atoms with Crippen LogP contribution in [-0.2, 0) is 10.7 Å². The Labute approximate surface area is 185 Å². The van der Waals surface area contributed by atoms with Gasteiger partial charge in [-0.3, -0.25) is 4.57 Å². The van der Waals surface area contributed by atoms with Crippen molar-refractivity contribution in [3.05, 3.63) is 132 Å². The molecule has 0 aliphatic rings. The van der Waals surface area contributed by atoms with E-state index in [0.29, 0.717) is 16.2 Å². The standard InChI is InChI=1S/C26H21F3NOP/c27-26(28,29)22-14-10-13-21(19-22)25(20-11-4-1-5-12-20)30-32(31,23-15-6-2-7-16-23)24-17-8-3-9-18-24/h1-19,25H,(H,30,31)/t25-/m1/s1. The van der Waals surface area contributed by atoms with Gasteiger partial charge in [0.1, 0.15) is 0 Å². The van der Waals surface area contributed by atoms with Crippen LogP contribution in [0.5, 0.6) is 0 Å². The molecular weight excluding hydrogens is 430 g/mol. The fraction of sp³-hybridized carbons (Fsp3) is 0.0769. The van der Waals surface area contributed by atoms with Crippen molar-refractivity contribution in [1.29, 1.82) is 0 Å². The third-order valence-corrected chi connectivity index (χ3v) is 7.90. The van der Waals surface area contributed by atoms with Crippen LogP contribution in [0.2, 0.25) is 0 Å². The highest BCUT2D eigenvalue weighted by Gasteiger charge is 2.34. The second kappa shape index (κ2) is 9.15. The van der Waals surface area contributed by atoms with Gasteiger partial charge in [0.15, 0.2) is 0 Å². The van der Waals surface area contributed by atoms with Gasteiger partial charge < -0.3 is 0 Å². The van der Waals surface area contributed by atoms with Crippen LogP contribution >= 0.6 is 7.29 Å². The van der Waals surface area contributed by atoms with Gasteiger partial charge in [-0.2, -0.15) is 13.2 Å². The van der Waals surface area contributed by atoms with Gasteiger partial charge in [0, 0.05) is 10.6 Å². The first-order chi connectivity index (χ1) is 15.4. The maximum absolute atomic E-state index is 14.5. The van der Waals surface area contributed by atoms with Gasteiger partial charge in [0.05, 0.1) is 11.6 Å². The van der Waals surface area contributed by atoms with E-state index in [-0.39, 0.29) is 0 Å². The zero-order valence-electron chi connectivity index (χ0n) is 17.0. The van der Waals surface area contributed by atoms with Gasteiger partial charge in [0.2, 0.25) is 7.29 Å². The topological polar surface area (TPSA) is 29.1 Å². The Kier molecular flexibility index (Phi) is 6.31. The molecule has 0 aliphatic carbocycles. The molecule has 1 atom stereocenters. The van der Waals surface area contributed by atoms with E-state index in [9.17, 15) is 17.7 Å². The van der Waals surface area contributed by atoms with Crippen molar-refractivity contribution in [3.8, 4) is 0 Å². The summed E-state index contributed by atoms with van der Waals surface area (Å²) >= 11 is 0. The molecular formula is C26H21F3NOP. The molecule has 2 nitrogen and oxygen atoms in total. The molecule has 0 amide bonds. The molecule has 0 aliphatic heterocycles. The molecule has 0 saturated heterocycles. The Bertz CT molecular complexity index is 1170. The highest BCUT2D eigenvalue weighted by atomic mass is 31.2. The minimum Gasteiger partial charge on any atom is -0.296 e. The van der Waals surface area contributed by atoms with Crippen molar-refractivity contribution in [3.63, 3.8) is 0 Å². The minimum atomic E-state index is -4.47. The summed E-state index contributed by atoms with van der Waals surface area (Å²) in [6.45, 7) is 0. The lowest BCUT2D eigenvalue weighted by molar-refractivity contribution is -0.137. The molecule has 1 N–H and O–H groups in total. The molecule has 0 radical (unpaired) electrons. The SMILES string of the molecule is O=P(N[C@H](c1ccccc1)c1cccc(C(F)(F)F)c1)(c1ccccc1)c1ccccc1. The van der Waals surface area contributed by atoms with Crippen LogP contribution in [0, 0.1) is 0 Å². The monoisotopic (exact) mass is 451 g/mol. The summed E-state index contributed by atoms with van der Waals surface area (Å²) in [6, 6.07) is 31.5. The first kappa shape index (κ1) is 22.1. The molecule has 162 valence electrons. The molecule has 0 spiro atoms. The summed E-state index contributed by atoms with van der Waals surface area (Å²) in [6.07, 6.45) is -4.47. The van der Waals surface area contributed by atoms with Crippen LogP contribution in [0.3, 0.4) is 0 Å². The molecule has 32 heavy (non-hydrogen) atoms. The van der Waals surface area contributed by atoms with Gasteiger partial charge in [-0.1, -0.05) is 78.9 Å². The van der Waals surface area contributed by atoms with Crippen molar-refractivity contribution in [2.24, 2.45) is 0 Å². The van der Waals surface area contributed by atoms with Crippen LogP contribution in [0.4, 0.5) is 13.2 Å². The number of alkyl halides is 3. The van der Waals surface area contributed by atoms with Crippen molar-refractivity contribution >= 4 is 17.9 Å². The Hall–Kier alpha value is -3.14. The normalized spacial score (nSPS) is 13.0. The first-order valence-electron chi connectivity index (χ1n) is 10.1. The lowest BCUT2D eigenvalue weighted by Gasteiger charge is -2.28. The van der Waals surface area contributed by atoms with E-state index in [4.69, 9.17) is 0 Å². The second-order valence-corrected chi connectivity index (χ2v) is 9.89. The van der Waals surface area contributed by atoms with E-state index in [1.807, 2.05) is 42.5 Å². The number of rotatable bonds is 6. The molecule has 4 rings (SSSR count). The Morgan fingerprint density at radius 3 is 1.59 bits per heavy atom.